The molecule has 2 heterocycles. The Kier molecular flexibility index (Phi) is 5.07. The van der Waals surface area contributed by atoms with E-state index in [4.69, 9.17) is 14.2 Å². The molecule has 0 N–H and O–H groups in total. The summed E-state index contributed by atoms with van der Waals surface area (Å²) < 4.78 is 19.2. The molecule has 10 rings (SSSR count). The highest BCUT2D eigenvalue weighted by Crippen LogP contribution is 2.60. The SMILES string of the molecule is CC1(C)c2cc(-c3ccc4c(c3)C(C)(C)c3ccc5c(c3-4)Sc3ccccc3O5)ccc2-c2c1ccc1c2Oc2ccccc2O1. The largest absolute Gasteiger partial charge is 0.455 e. The summed E-state index contributed by atoms with van der Waals surface area (Å²) in [5, 5.41) is 0. The number of hydrogen-bond donors (Lipinski definition) is 0. The monoisotopic (exact) mass is 614 g/mol. The fourth-order valence-corrected chi connectivity index (χ4v) is 9.08. The van der Waals surface area contributed by atoms with Gasteiger partial charge < -0.3 is 14.2 Å². The maximum Gasteiger partial charge on any atom is 0.178 e. The van der Waals surface area contributed by atoms with Crippen molar-refractivity contribution in [3.05, 3.63) is 131 Å². The van der Waals surface area contributed by atoms with Crippen LogP contribution < -0.4 is 14.2 Å². The lowest BCUT2D eigenvalue weighted by Crippen LogP contribution is -2.15. The van der Waals surface area contributed by atoms with Gasteiger partial charge >= 0.3 is 0 Å². The maximum atomic E-state index is 6.51. The highest BCUT2D eigenvalue weighted by Gasteiger charge is 2.41. The van der Waals surface area contributed by atoms with Crippen molar-refractivity contribution in [1.29, 1.82) is 0 Å². The quantitative estimate of drug-likeness (QED) is 0.184. The number of ether oxygens (including phenoxy) is 3. The minimum Gasteiger partial charge on any atom is -0.455 e. The molecule has 0 fully saturated rings. The molecule has 0 spiro atoms. The van der Waals surface area contributed by atoms with E-state index in [9.17, 15) is 0 Å². The lowest BCUT2D eigenvalue weighted by atomic mass is 9.80. The molecule has 6 aromatic carbocycles. The lowest BCUT2D eigenvalue weighted by molar-refractivity contribution is 0.360. The highest BCUT2D eigenvalue weighted by atomic mass is 32.2. The van der Waals surface area contributed by atoms with Crippen molar-refractivity contribution in [3.63, 3.8) is 0 Å². The summed E-state index contributed by atoms with van der Waals surface area (Å²) in [5.74, 6) is 4.94. The molecule has 46 heavy (non-hydrogen) atoms. The number of benzene rings is 6. The lowest BCUT2D eigenvalue weighted by Gasteiger charge is -2.25. The minimum absolute atomic E-state index is 0.133. The van der Waals surface area contributed by atoms with E-state index in [0.717, 1.165) is 45.0 Å². The van der Waals surface area contributed by atoms with Crippen LogP contribution in [0.4, 0.5) is 0 Å². The van der Waals surface area contributed by atoms with E-state index >= 15 is 0 Å². The Balaban J connectivity index is 1.07. The molecule has 0 radical (unpaired) electrons. The van der Waals surface area contributed by atoms with E-state index < -0.39 is 0 Å². The van der Waals surface area contributed by atoms with Gasteiger partial charge in [0, 0.05) is 22.0 Å². The Bertz CT molecular complexity index is 2170. The third-order valence-corrected chi connectivity index (χ3v) is 11.6. The first kappa shape index (κ1) is 26.3. The van der Waals surface area contributed by atoms with Crippen molar-refractivity contribution in [1.82, 2.24) is 0 Å². The van der Waals surface area contributed by atoms with Gasteiger partial charge in [0.25, 0.3) is 0 Å². The minimum atomic E-state index is -0.186. The van der Waals surface area contributed by atoms with Crippen molar-refractivity contribution in [2.24, 2.45) is 0 Å². The summed E-state index contributed by atoms with van der Waals surface area (Å²) in [6.07, 6.45) is 0. The van der Waals surface area contributed by atoms with E-state index in [1.807, 2.05) is 48.2 Å². The van der Waals surface area contributed by atoms with Crippen molar-refractivity contribution >= 4 is 11.8 Å². The van der Waals surface area contributed by atoms with Gasteiger partial charge in [-0.3, -0.25) is 0 Å². The Labute approximate surface area is 272 Å². The molecule has 6 aromatic rings. The third-order valence-electron chi connectivity index (χ3n) is 10.4. The first-order chi connectivity index (χ1) is 22.3. The van der Waals surface area contributed by atoms with Gasteiger partial charge in [-0.2, -0.15) is 0 Å². The fourth-order valence-electron chi connectivity index (χ4n) is 7.97. The van der Waals surface area contributed by atoms with Gasteiger partial charge in [-0.05, 0) is 93.0 Å². The standard InChI is InChI=1S/C42H30O3S/c1-41(2)27-17-19-34-39(45-32-10-6-5-9-31(32)43-34)37(27)25-15-13-23(21-29(25)41)24-14-16-26-30(22-24)42(3,4)28-18-20-35-40(38(26)28)46-36-12-8-7-11-33(36)44-35/h5-22H,1-4H3. The summed E-state index contributed by atoms with van der Waals surface area (Å²) in [7, 11) is 0. The molecular formula is C42H30O3S. The molecule has 222 valence electrons. The Morgan fingerprint density at radius 2 is 1.00 bits per heavy atom. The van der Waals surface area contributed by atoms with Gasteiger partial charge in [-0.25, -0.2) is 0 Å². The molecule has 0 bridgehead atoms. The van der Waals surface area contributed by atoms with Crippen molar-refractivity contribution in [2.75, 3.05) is 0 Å². The van der Waals surface area contributed by atoms with Crippen molar-refractivity contribution in [3.8, 4) is 67.9 Å². The molecule has 0 atom stereocenters. The van der Waals surface area contributed by atoms with Gasteiger partial charge in [-0.1, -0.05) is 100 Å². The van der Waals surface area contributed by atoms with Crippen LogP contribution in [-0.4, -0.2) is 0 Å². The van der Waals surface area contributed by atoms with Crippen LogP contribution in [-0.2, 0) is 10.8 Å². The molecule has 2 aliphatic carbocycles. The third kappa shape index (κ3) is 3.40. The number of hydrogen-bond acceptors (Lipinski definition) is 4. The molecule has 4 heteroatoms. The molecule has 0 aromatic heterocycles. The van der Waals surface area contributed by atoms with Crippen LogP contribution in [0.1, 0.15) is 49.9 Å². The van der Waals surface area contributed by atoms with E-state index in [-0.39, 0.29) is 10.8 Å². The zero-order chi connectivity index (χ0) is 30.9. The Morgan fingerprint density at radius 1 is 0.457 bits per heavy atom. The molecular weight excluding hydrogens is 585 g/mol. The zero-order valence-corrected chi connectivity index (χ0v) is 26.8. The predicted molar refractivity (Wildman–Crippen MR) is 184 cm³/mol. The van der Waals surface area contributed by atoms with Gasteiger partial charge in [0.15, 0.2) is 23.0 Å². The fraction of sp³-hybridized carbons (Fsp3) is 0.143. The molecule has 4 aliphatic rings. The normalized spacial score (nSPS) is 16.2. The number of rotatable bonds is 1. The Morgan fingerprint density at radius 3 is 1.70 bits per heavy atom. The van der Waals surface area contributed by atoms with Gasteiger partial charge in [-0.15, -0.1) is 0 Å². The summed E-state index contributed by atoms with van der Waals surface area (Å²) in [4.78, 5) is 2.38. The smallest absolute Gasteiger partial charge is 0.178 e. The van der Waals surface area contributed by atoms with Gasteiger partial charge in [0.05, 0.1) is 9.79 Å². The van der Waals surface area contributed by atoms with Crippen molar-refractivity contribution < 1.29 is 14.2 Å². The van der Waals surface area contributed by atoms with E-state index in [1.54, 1.807) is 0 Å². The van der Waals surface area contributed by atoms with E-state index in [2.05, 4.69) is 100 Å². The summed E-state index contributed by atoms with van der Waals surface area (Å²) in [5.41, 5.74) is 12.4. The number of para-hydroxylation sites is 3. The Hall–Kier alpha value is -4.93. The first-order valence-corrected chi connectivity index (χ1v) is 16.7. The van der Waals surface area contributed by atoms with Gasteiger partial charge in [0.1, 0.15) is 11.5 Å². The summed E-state index contributed by atoms with van der Waals surface area (Å²) >= 11 is 1.82. The maximum absolute atomic E-state index is 6.51. The van der Waals surface area contributed by atoms with E-state index in [0.29, 0.717) is 0 Å². The second-order valence-corrected chi connectivity index (χ2v) is 14.8. The van der Waals surface area contributed by atoms with E-state index in [1.165, 1.54) is 55.0 Å². The van der Waals surface area contributed by atoms with Gasteiger partial charge in [0.2, 0.25) is 0 Å². The highest BCUT2D eigenvalue weighted by molar-refractivity contribution is 7.99. The van der Waals surface area contributed by atoms with Crippen LogP contribution in [0, 0.1) is 0 Å². The van der Waals surface area contributed by atoms with Crippen LogP contribution in [0.25, 0.3) is 33.4 Å². The molecule has 2 aliphatic heterocycles. The predicted octanol–water partition coefficient (Wildman–Crippen LogP) is 12.1. The zero-order valence-electron chi connectivity index (χ0n) is 26.0. The summed E-state index contributed by atoms with van der Waals surface area (Å²) in [6, 6.07) is 38.8. The molecule has 3 nitrogen and oxygen atoms in total. The van der Waals surface area contributed by atoms with Crippen LogP contribution >= 0.6 is 11.8 Å². The molecule has 0 unspecified atom stereocenters. The second kappa shape index (κ2) is 8.86. The molecule has 0 amide bonds. The second-order valence-electron chi connectivity index (χ2n) is 13.7. The molecule has 0 saturated heterocycles. The summed E-state index contributed by atoms with van der Waals surface area (Å²) in [6.45, 7) is 9.33. The van der Waals surface area contributed by atoms with Crippen LogP contribution in [0.15, 0.2) is 119 Å². The topological polar surface area (TPSA) is 27.7 Å². The van der Waals surface area contributed by atoms with Crippen LogP contribution in [0.5, 0.6) is 34.5 Å². The first-order valence-electron chi connectivity index (χ1n) is 15.8. The van der Waals surface area contributed by atoms with Crippen LogP contribution in [0.2, 0.25) is 0 Å². The van der Waals surface area contributed by atoms with Crippen molar-refractivity contribution in [2.45, 2.75) is 48.3 Å². The average Bonchev–Trinajstić information content (AvgIpc) is 3.45. The average molecular weight is 615 g/mol. The number of fused-ring (bicyclic) bond motifs is 12. The van der Waals surface area contributed by atoms with Crippen LogP contribution in [0.3, 0.4) is 0 Å². The molecule has 0 saturated carbocycles.